The predicted octanol–water partition coefficient (Wildman–Crippen LogP) is 3.46. The molecular formula is C24H29N3O5S. The third-order valence-corrected chi connectivity index (χ3v) is 8.03. The molecule has 1 atom stereocenters. The Bertz CT molecular complexity index is 1170. The average molecular weight is 472 g/mol. The fourth-order valence-corrected chi connectivity index (χ4v) is 5.85. The standard InChI is InChI=1S/C24H29N3O5S/c1-6-24(4,5)27(33(31,32)20-13-7-16(2)8-14-20)21-15-22(29)26(23(21)30)19-11-9-18(10-12-19)25-17(3)28/h7-14,21H,6,15H2,1-5H3,(H,25,28). The van der Waals surface area contributed by atoms with Crippen LogP contribution >= 0.6 is 0 Å². The number of hydrogen-bond donors (Lipinski definition) is 1. The molecule has 0 bridgehead atoms. The van der Waals surface area contributed by atoms with E-state index in [2.05, 4.69) is 5.32 Å². The number of anilines is 2. The minimum atomic E-state index is -4.07. The van der Waals surface area contributed by atoms with E-state index in [1.54, 1.807) is 50.2 Å². The summed E-state index contributed by atoms with van der Waals surface area (Å²) < 4.78 is 28.6. The van der Waals surface area contributed by atoms with Gasteiger partial charge in [-0.1, -0.05) is 24.6 Å². The van der Waals surface area contributed by atoms with Gasteiger partial charge in [0.1, 0.15) is 6.04 Å². The molecule has 33 heavy (non-hydrogen) atoms. The van der Waals surface area contributed by atoms with E-state index in [-0.39, 0.29) is 17.2 Å². The van der Waals surface area contributed by atoms with Crippen LogP contribution in [0.3, 0.4) is 0 Å². The second-order valence-corrected chi connectivity index (χ2v) is 10.6. The van der Waals surface area contributed by atoms with Crippen molar-refractivity contribution >= 4 is 39.1 Å². The fourth-order valence-electron chi connectivity index (χ4n) is 3.86. The Labute approximate surface area is 194 Å². The van der Waals surface area contributed by atoms with Crippen LogP contribution in [0.1, 0.15) is 46.1 Å². The van der Waals surface area contributed by atoms with E-state index < -0.39 is 33.4 Å². The summed E-state index contributed by atoms with van der Waals surface area (Å²) >= 11 is 0. The number of hydrogen-bond acceptors (Lipinski definition) is 5. The number of amides is 3. The van der Waals surface area contributed by atoms with Gasteiger partial charge in [-0.25, -0.2) is 13.3 Å². The number of benzene rings is 2. The molecule has 3 amide bonds. The summed E-state index contributed by atoms with van der Waals surface area (Å²) in [5.41, 5.74) is 0.854. The first kappa shape index (κ1) is 24.6. The van der Waals surface area contributed by atoms with Gasteiger partial charge in [0.25, 0.3) is 5.91 Å². The van der Waals surface area contributed by atoms with Crippen LogP contribution < -0.4 is 10.2 Å². The van der Waals surface area contributed by atoms with Gasteiger partial charge in [-0.3, -0.25) is 14.4 Å². The second kappa shape index (κ2) is 9.07. The number of imide groups is 1. The molecular weight excluding hydrogens is 442 g/mol. The van der Waals surface area contributed by atoms with Crippen LogP contribution in [0.15, 0.2) is 53.4 Å². The number of nitrogens with one attached hydrogen (secondary N) is 1. The summed E-state index contributed by atoms with van der Waals surface area (Å²) in [4.78, 5) is 38.7. The molecule has 2 aromatic rings. The fraction of sp³-hybridized carbons (Fsp3) is 0.375. The molecule has 176 valence electrons. The van der Waals surface area contributed by atoms with E-state index in [1.807, 2.05) is 13.8 Å². The highest BCUT2D eigenvalue weighted by Gasteiger charge is 2.51. The molecule has 0 spiro atoms. The molecule has 1 aliphatic rings. The third-order valence-electron chi connectivity index (χ3n) is 5.89. The molecule has 8 nitrogen and oxygen atoms in total. The maximum atomic E-state index is 13.7. The topological polar surface area (TPSA) is 104 Å². The lowest BCUT2D eigenvalue weighted by molar-refractivity contribution is -0.123. The van der Waals surface area contributed by atoms with Crippen molar-refractivity contribution in [3.05, 3.63) is 54.1 Å². The number of rotatable bonds is 7. The average Bonchev–Trinajstić information content (AvgIpc) is 3.01. The van der Waals surface area contributed by atoms with E-state index in [4.69, 9.17) is 0 Å². The van der Waals surface area contributed by atoms with Gasteiger partial charge in [-0.15, -0.1) is 0 Å². The number of sulfonamides is 1. The number of carbonyl (C=O) groups is 3. The minimum absolute atomic E-state index is 0.0768. The zero-order chi connectivity index (χ0) is 24.6. The van der Waals surface area contributed by atoms with Crippen LogP contribution in [0.2, 0.25) is 0 Å². The van der Waals surface area contributed by atoms with Crippen LogP contribution in [0.25, 0.3) is 0 Å². The van der Waals surface area contributed by atoms with Crippen molar-refractivity contribution in [2.45, 2.75) is 63.9 Å². The molecule has 3 rings (SSSR count). The molecule has 0 aromatic heterocycles. The monoisotopic (exact) mass is 471 g/mol. The summed E-state index contributed by atoms with van der Waals surface area (Å²) in [6.07, 6.45) is 0.197. The van der Waals surface area contributed by atoms with Gasteiger partial charge in [0.05, 0.1) is 17.0 Å². The van der Waals surface area contributed by atoms with Crippen LogP contribution in [-0.2, 0) is 24.4 Å². The minimum Gasteiger partial charge on any atom is -0.326 e. The van der Waals surface area contributed by atoms with Crippen LogP contribution in [0.5, 0.6) is 0 Å². The predicted molar refractivity (Wildman–Crippen MR) is 126 cm³/mol. The molecule has 1 saturated heterocycles. The van der Waals surface area contributed by atoms with Crippen molar-refractivity contribution in [2.24, 2.45) is 0 Å². The first-order valence-electron chi connectivity index (χ1n) is 10.7. The summed E-state index contributed by atoms with van der Waals surface area (Å²) in [7, 11) is -4.07. The normalized spacial score (nSPS) is 17.0. The van der Waals surface area contributed by atoms with Gasteiger partial charge in [0.15, 0.2) is 0 Å². The molecule has 0 saturated carbocycles. The first-order valence-corrected chi connectivity index (χ1v) is 12.2. The zero-order valence-corrected chi connectivity index (χ0v) is 20.3. The van der Waals surface area contributed by atoms with Crippen molar-refractivity contribution in [3.8, 4) is 0 Å². The van der Waals surface area contributed by atoms with Gasteiger partial charge < -0.3 is 5.32 Å². The highest BCUT2D eigenvalue weighted by molar-refractivity contribution is 7.89. The quantitative estimate of drug-likeness (QED) is 0.623. The van der Waals surface area contributed by atoms with E-state index in [1.165, 1.54) is 23.4 Å². The highest BCUT2D eigenvalue weighted by atomic mass is 32.2. The number of aryl methyl sites for hydroxylation is 1. The lowest BCUT2D eigenvalue weighted by atomic mass is 10.00. The van der Waals surface area contributed by atoms with Gasteiger partial charge in [-0.2, -0.15) is 4.31 Å². The summed E-state index contributed by atoms with van der Waals surface area (Å²) in [5.74, 6) is -1.31. The van der Waals surface area contributed by atoms with Crippen LogP contribution in [-0.4, -0.2) is 42.0 Å². The van der Waals surface area contributed by atoms with Gasteiger partial charge in [-0.05, 0) is 63.6 Å². The van der Waals surface area contributed by atoms with Gasteiger partial charge in [0.2, 0.25) is 21.8 Å². The van der Waals surface area contributed by atoms with Crippen molar-refractivity contribution in [1.29, 1.82) is 0 Å². The van der Waals surface area contributed by atoms with Crippen LogP contribution in [0, 0.1) is 6.92 Å². The SMILES string of the molecule is CCC(C)(C)N(C1CC(=O)N(c2ccc(NC(C)=O)cc2)C1=O)S(=O)(=O)c1ccc(C)cc1. The van der Waals surface area contributed by atoms with E-state index >= 15 is 0 Å². The maximum absolute atomic E-state index is 13.7. The Morgan fingerprint density at radius 2 is 1.67 bits per heavy atom. The lowest BCUT2D eigenvalue weighted by Crippen LogP contribution is -2.55. The molecule has 1 heterocycles. The molecule has 0 radical (unpaired) electrons. The van der Waals surface area contributed by atoms with Crippen molar-refractivity contribution in [2.75, 3.05) is 10.2 Å². The largest absolute Gasteiger partial charge is 0.326 e. The van der Waals surface area contributed by atoms with Crippen molar-refractivity contribution in [3.63, 3.8) is 0 Å². The zero-order valence-electron chi connectivity index (χ0n) is 19.5. The van der Waals surface area contributed by atoms with Crippen LogP contribution in [0.4, 0.5) is 11.4 Å². The summed E-state index contributed by atoms with van der Waals surface area (Å²) in [5, 5.41) is 2.63. The Morgan fingerprint density at radius 1 is 1.09 bits per heavy atom. The molecule has 1 fully saturated rings. The molecule has 0 aliphatic carbocycles. The van der Waals surface area contributed by atoms with Gasteiger partial charge >= 0.3 is 0 Å². The third kappa shape index (κ3) is 4.84. The molecule has 2 aromatic carbocycles. The first-order chi connectivity index (χ1) is 15.4. The van der Waals surface area contributed by atoms with Gasteiger partial charge in [0, 0.05) is 18.2 Å². The van der Waals surface area contributed by atoms with Crippen molar-refractivity contribution < 1.29 is 22.8 Å². The smallest absolute Gasteiger partial charge is 0.252 e. The van der Waals surface area contributed by atoms with E-state index in [9.17, 15) is 22.8 Å². The Morgan fingerprint density at radius 3 is 2.18 bits per heavy atom. The maximum Gasteiger partial charge on any atom is 0.252 e. The Hall–Kier alpha value is -3.04. The summed E-state index contributed by atoms with van der Waals surface area (Å²) in [6, 6.07) is 11.5. The lowest BCUT2D eigenvalue weighted by Gasteiger charge is -2.39. The molecule has 1 aliphatic heterocycles. The van der Waals surface area contributed by atoms with E-state index in [0.29, 0.717) is 17.8 Å². The molecule has 9 heteroatoms. The number of nitrogens with zero attached hydrogens (tertiary/aromatic N) is 2. The highest BCUT2D eigenvalue weighted by Crippen LogP contribution is 2.36. The number of carbonyl (C=O) groups excluding carboxylic acids is 3. The van der Waals surface area contributed by atoms with E-state index in [0.717, 1.165) is 10.5 Å². The Kier molecular flexibility index (Phi) is 6.76. The summed E-state index contributed by atoms with van der Waals surface area (Å²) in [6.45, 7) is 8.59. The van der Waals surface area contributed by atoms with Crippen molar-refractivity contribution in [1.82, 2.24) is 4.31 Å². The second-order valence-electron chi connectivity index (χ2n) is 8.80. The molecule has 1 unspecified atom stereocenters. The Balaban J connectivity index is 2.01. The molecule has 1 N–H and O–H groups in total.